The van der Waals surface area contributed by atoms with Crippen LogP contribution in [0.2, 0.25) is 5.02 Å². The van der Waals surface area contributed by atoms with Crippen molar-refractivity contribution in [3.05, 3.63) is 63.8 Å². The Morgan fingerprint density at radius 1 is 1.23 bits per heavy atom. The van der Waals surface area contributed by atoms with Gasteiger partial charge in [-0.2, -0.15) is 0 Å². The van der Waals surface area contributed by atoms with E-state index in [1.54, 1.807) is 0 Å². The Morgan fingerprint density at radius 3 is 3.00 bits per heavy atom. The lowest BCUT2D eigenvalue weighted by Gasteiger charge is -2.29. The minimum atomic E-state index is -0.197. The van der Waals surface area contributed by atoms with Gasteiger partial charge in [-0.15, -0.1) is 0 Å². The van der Waals surface area contributed by atoms with E-state index in [9.17, 15) is 4.79 Å². The Hall–Kier alpha value is -2.46. The molecule has 0 unspecified atom stereocenters. The lowest BCUT2D eigenvalue weighted by atomic mass is 10.0. The van der Waals surface area contributed by atoms with E-state index in [0.717, 1.165) is 34.8 Å². The van der Waals surface area contributed by atoms with Crippen LogP contribution in [0.3, 0.4) is 0 Å². The van der Waals surface area contributed by atoms with E-state index in [1.165, 1.54) is 22.2 Å². The summed E-state index contributed by atoms with van der Waals surface area (Å²) in [5, 5.41) is 5.33. The molecule has 1 atom stereocenters. The summed E-state index contributed by atoms with van der Waals surface area (Å²) in [5.74, 6) is 0.171. The van der Waals surface area contributed by atoms with Crippen molar-refractivity contribution >= 4 is 34.1 Å². The van der Waals surface area contributed by atoms with Crippen LogP contribution in [0.1, 0.15) is 22.4 Å². The number of halogens is 1. The van der Waals surface area contributed by atoms with E-state index in [-0.39, 0.29) is 11.9 Å². The molecule has 3 heterocycles. The Kier molecular flexibility index (Phi) is 3.50. The number of benzene rings is 2. The van der Waals surface area contributed by atoms with Crippen molar-refractivity contribution in [3.63, 3.8) is 0 Å². The first-order valence-electron chi connectivity index (χ1n) is 9.02. The summed E-state index contributed by atoms with van der Waals surface area (Å²) >= 11 is 6.08. The van der Waals surface area contributed by atoms with Gasteiger partial charge in [0.2, 0.25) is 5.91 Å². The van der Waals surface area contributed by atoms with Crippen LogP contribution in [-0.2, 0) is 24.2 Å². The van der Waals surface area contributed by atoms with Gasteiger partial charge in [-0.1, -0.05) is 23.2 Å². The Balaban J connectivity index is 1.40. The van der Waals surface area contributed by atoms with Gasteiger partial charge >= 0.3 is 0 Å². The predicted octanol–water partition coefficient (Wildman–Crippen LogP) is 4.05. The number of rotatable bonds is 1. The zero-order valence-corrected chi connectivity index (χ0v) is 15.4. The number of nitrogens with one attached hydrogen (secondary N) is 2. The number of aromatic nitrogens is 1. The topological polar surface area (TPSA) is 48.1 Å². The molecule has 0 aliphatic carbocycles. The van der Waals surface area contributed by atoms with Crippen molar-refractivity contribution in [1.82, 2.24) is 9.88 Å². The van der Waals surface area contributed by atoms with E-state index in [0.29, 0.717) is 13.0 Å². The maximum atomic E-state index is 13.1. The molecule has 132 valence electrons. The van der Waals surface area contributed by atoms with Crippen LogP contribution in [0.4, 0.5) is 5.69 Å². The second kappa shape index (κ2) is 5.78. The van der Waals surface area contributed by atoms with E-state index >= 15 is 0 Å². The molecule has 1 amide bonds. The third-order valence-corrected chi connectivity index (χ3v) is 5.80. The number of amides is 1. The normalized spacial score (nSPS) is 18.5. The van der Waals surface area contributed by atoms with Crippen LogP contribution in [0, 0.1) is 6.92 Å². The first kappa shape index (κ1) is 15.8. The van der Waals surface area contributed by atoms with E-state index in [4.69, 9.17) is 11.6 Å². The number of carbonyl (C=O) groups is 1. The molecule has 1 aromatic heterocycles. The average Bonchev–Trinajstić information content (AvgIpc) is 3.21. The second-order valence-electron chi connectivity index (χ2n) is 7.34. The molecule has 0 spiro atoms. The smallest absolute Gasteiger partial charge is 0.245 e. The average molecular weight is 366 g/mol. The first-order chi connectivity index (χ1) is 12.6. The van der Waals surface area contributed by atoms with Crippen molar-refractivity contribution in [1.29, 1.82) is 0 Å². The monoisotopic (exact) mass is 365 g/mol. The van der Waals surface area contributed by atoms with Gasteiger partial charge in [0.25, 0.3) is 0 Å². The highest BCUT2D eigenvalue weighted by molar-refractivity contribution is 6.30. The SMILES string of the molecule is Cc1ccc2[nH]c3c(c2c1)CN(C(=O)[C@@H]1Cc2cc(Cl)ccc2N1)CC3. The van der Waals surface area contributed by atoms with Crippen LogP contribution < -0.4 is 5.32 Å². The summed E-state index contributed by atoms with van der Waals surface area (Å²) in [4.78, 5) is 18.6. The standard InChI is InChI=1S/C21H20ClN3O/c1-12-2-4-18-15(8-12)16-11-25(7-6-19(16)24-18)21(26)20-10-13-9-14(22)3-5-17(13)23-20/h2-5,8-9,20,23-24H,6-7,10-11H2,1H3/t20-/m0/s1. The number of fused-ring (bicyclic) bond motifs is 4. The molecular weight excluding hydrogens is 346 g/mol. The summed E-state index contributed by atoms with van der Waals surface area (Å²) in [6.07, 6.45) is 1.57. The van der Waals surface area contributed by atoms with Crippen molar-refractivity contribution < 1.29 is 4.79 Å². The minimum absolute atomic E-state index is 0.171. The highest BCUT2D eigenvalue weighted by atomic mass is 35.5. The third-order valence-electron chi connectivity index (χ3n) is 5.56. The van der Waals surface area contributed by atoms with Crippen LogP contribution in [0.5, 0.6) is 0 Å². The molecule has 0 saturated carbocycles. The fourth-order valence-electron chi connectivity index (χ4n) is 4.22. The summed E-state index contributed by atoms with van der Waals surface area (Å²) in [5.41, 5.74) is 7.08. The van der Waals surface area contributed by atoms with E-state index < -0.39 is 0 Å². The highest BCUT2D eigenvalue weighted by Gasteiger charge is 2.32. The van der Waals surface area contributed by atoms with Gasteiger partial charge < -0.3 is 15.2 Å². The number of carbonyl (C=O) groups excluding carboxylic acids is 1. The number of hydrogen-bond donors (Lipinski definition) is 2. The predicted molar refractivity (Wildman–Crippen MR) is 105 cm³/mol. The molecule has 5 heteroatoms. The number of nitrogens with zero attached hydrogens (tertiary/aromatic N) is 1. The third kappa shape index (κ3) is 2.48. The van der Waals surface area contributed by atoms with Gasteiger partial charge in [-0.05, 0) is 42.8 Å². The molecular formula is C21H20ClN3O. The molecule has 2 N–H and O–H groups in total. The number of hydrogen-bond acceptors (Lipinski definition) is 2. The Bertz CT molecular complexity index is 1040. The van der Waals surface area contributed by atoms with Crippen molar-refractivity contribution in [2.75, 3.05) is 11.9 Å². The lowest BCUT2D eigenvalue weighted by Crippen LogP contribution is -2.44. The van der Waals surface area contributed by atoms with Gasteiger partial charge in [0.1, 0.15) is 6.04 Å². The van der Waals surface area contributed by atoms with E-state index in [2.05, 4.69) is 35.4 Å². The maximum absolute atomic E-state index is 13.1. The first-order valence-corrected chi connectivity index (χ1v) is 9.40. The number of anilines is 1. The van der Waals surface area contributed by atoms with Crippen molar-refractivity contribution in [3.8, 4) is 0 Å². The molecule has 0 fully saturated rings. The Morgan fingerprint density at radius 2 is 2.12 bits per heavy atom. The van der Waals surface area contributed by atoms with E-state index in [1.807, 2.05) is 23.1 Å². The van der Waals surface area contributed by atoms with Gasteiger partial charge in [0.05, 0.1) is 0 Å². The zero-order valence-electron chi connectivity index (χ0n) is 14.6. The summed E-state index contributed by atoms with van der Waals surface area (Å²) in [6, 6.07) is 12.0. The number of H-pyrrole nitrogens is 1. The molecule has 2 aromatic carbocycles. The van der Waals surface area contributed by atoms with Crippen LogP contribution in [-0.4, -0.2) is 28.4 Å². The van der Waals surface area contributed by atoms with Crippen LogP contribution >= 0.6 is 11.6 Å². The van der Waals surface area contributed by atoms with Gasteiger partial charge in [0.15, 0.2) is 0 Å². The molecule has 4 nitrogen and oxygen atoms in total. The largest absolute Gasteiger partial charge is 0.373 e. The Labute approximate surface area is 157 Å². The summed E-state index contributed by atoms with van der Waals surface area (Å²) in [6.45, 7) is 3.54. The van der Waals surface area contributed by atoms with Crippen molar-refractivity contribution in [2.24, 2.45) is 0 Å². The number of aryl methyl sites for hydroxylation is 1. The van der Waals surface area contributed by atoms with Crippen molar-refractivity contribution in [2.45, 2.75) is 32.4 Å². The van der Waals surface area contributed by atoms with Gasteiger partial charge in [0, 0.05) is 58.8 Å². The lowest BCUT2D eigenvalue weighted by molar-refractivity contribution is -0.132. The van der Waals surface area contributed by atoms with Crippen LogP contribution in [0.15, 0.2) is 36.4 Å². The van der Waals surface area contributed by atoms with Gasteiger partial charge in [-0.25, -0.2) is 0 Å². The molecule has 0 radical (unpaired) electrons. The second-order valence-corrected chi connectivity index (χ2v) is 7.78. The number of aromatic amines is 1. The van der Waals surface area contributed by atoms with Crippen LogP contribution in [0.25, 0.3) is 10.9 Å². The molecule has 0 saturated heterocycles. The summed E-state index contributed by atoms with van der Waals surface area (Å²) < 4.78 is 0. The maximum Gasteiger partial charge on any atom is 0.245 e. The molecule has 0 bridgehead atoms. The molecule has 5 rings (SSSR count). The minimum Gasteiger partial charge on any atom is -0.373 e. The molecule has 26 heavy (non-hydrogen) atoms. The quantitative estimate of drug-likeness (QED) is 0.683. The summed E-state index contributed by atoms with van der Waals surface area (Å²) in [7, 11) is 0. The fourth-order valence-corrected chi connectivity index (χ4v) is 4.41. The molecule has 2 aliphatic rings. The van der Waals surface area contributed by atoms with Gasteiger partial charge in [-0.3, -0.25) is 4.79 Å². The fraction of sp³-hybridized carbons (Fsp3) is 0.286. The zero-order chi connectivity index (χ0) is 17.8. The highest BCUT2D eigenvalue weighted by Crippen LogP contribution is 2.32. The molecule has 3 aromatic rings. The molecule has 2 aliphatic heterocycles.